The van der Waals surface area contributed by atoms with Gasteiger partial charge in [-0.2, -0.15) is 0 Å². The van der Waals surface area contributed by atoms with Crippen LogP contribution >= 0.6 is 0 Å². The average Bonchev–Trinajstić information content (AvgIpc) is 3.13. The lowest BCUT2D eigenvalue weighted by atomic mass is 10.0. The SMILES string of the molecule is CCCCCCCCCCCC(=O)NCCCC(=O)NC(CCCC(NC(=O)OC(C)(C)C)C(=O)OCc1ccccc1)C(=O)OCc1ccccc1. The minimum absolute atomic E-state index is 0.0208. The molecule has 0 saturated carbocycles. The lowest BCUT2D eigenvalue weighted by Gasteiger charge is -2.23. The molecule has 0 fully saturated rings. The van der Waals surface area contributed by atoms with Crippen molar-refractivity contribution in [1.29, 1.82) is 0 Å². The summed E-state index contributed by atoms with van der Waals surface area (Å²) < 4.78 is 16.4. The first-order valence-corrected chi connectivity index (χ1v) is 19.4. The van der Waals surface area contributed by atoms with Crippen LogP contribution in [0, 0.1) is 0 Å². The van der Waals surface area contributed by atoms with Gasteiger partial charge in [-0.1, -0.05) is 119 Å². The fraction of sp³-hybridized carbons (Fsp3) is 0.595. The summed E-state index contributed by atoms with van der Waals surface area (Å²) in [5.41, 5.74) is 0.807. The van der Waals surface area contributed by atoms with Crippen molar-refractivity contribution in [3.05, 3.63) is 71.8 Å². The van der Waals surface area contributed by atoms with Crippen LogP contribution in [0.15, 0.2) is 60.7 Å². The van der Waals surface area contributed by atoms with Crippen LogP contribution in [-0.4, -0.2) is 54.1 Å². The van der Waals surface area contributed by atoms with Crippen molar-refractivity contribution in [3.63, 3.8) is 0 Å². The van der Waals surface area contributed by atoms with E-state index in [-0.39, 0.29) is 50.7 Å². The molecule has 294 valence electrons. The summed E-state index contributed by atoms with van der Waals surface area (Å²) in [6, 6.07) is 16.3. The number of hydrogen-bond acceptors (Lipinski definition) is 8. The fourth-order valence-corrected chi connectivity index (χ4v) is 5.56. The van der Waals surface area contributed by atoms with E-state index >= 15 is 0 Å². The van der Waals surface area contributed by atoms with E-state index in [9.17, 15) is 24.0 Å². The van der Waals surface area contributed by atoms with Crippen LogP contribution in [0.2, 0.25) is 0 Å². The van der Waals surface area contributed by atoms with Crippen molar-refractivity contribution in [2.24, 2.45) is 0 Å². The number of carbonyl (C=O) groups excluding carboxylic acids is 5. The summed E-state index contributed by atoms with van der Waals surface area (Å²) in [6.07, 6.45) is 11.4. The summed E-state index contributed by atoms with van der Waals surface area (Å²) in [5, 5.41) is 8.26. The molecule has 2 rings (SSSR count). The first-order chi connectivity index (χ1) is 25.5. The summed E-state index contributed by atoms with van der Waals surface area (Å²) in [5.74, 6) is -1.63. The molecule has 3 amide bonds. The van der Waals surface area contributed by atoms with Crippen LogP contribution in [-0.2, 0) is 46.6 Å². The number of esters is 2. The Kier molecular flexibility index (Phi) is 22.3. The Morgan fingerprint density at radius 3 is 1.57 bits per heavy atom. The molecule has 2 atom stereocenters. The van der Waals surface area contributed by atoms with Crippen molar-refractivity contribution >= 4 is 29.8 Å². The van der Waals surface area contributed by atoms with E-state index in [1.807, 2.05) is 60.7 Å². The van der Waals surface area contributed by atoms with Gasteiger partial charge in [0.15, 0.2) is 0 Å². The number of carbonyl (C=O) groups is 5. The van der Waals surface area contributed by atoms with Crippen LogP contribution in [0.4, 0.5) is 4.79 Å². The second kappa shape index (κ2) is 26.4. The molecule has 0 bridgehead atoms. The minimum Gasteiger partial charge on any atom is -0.459 e. The summed E-state index contributed by atoms with van der Waals surface area (Å²) in [6.45, 7) is 7.79. The number of nitrogens with one attached hydrogen (secondary N) is 3. The van der Waals surface area contributed by atoms with Crippen molar-refractivity contribution in [2.45, 2.75) is 155 Å². The third-order valence-electron chi connectivity index (χ3n) is 8.44. The molecular formula is C42H63N3O8. The highest BCUT2D eigenvalue weighted by molar-refractivity contribution is 5.84. The molecule has 0 heterocycles. The summed E-state index contributed by atoms with van der Waals surface area (Å²) in [7, 11) is 0. The number of rotatable bonds is 26. The average molecular weight is 738 g/mol. The number of hydrogen-bond donors (Lipinski definition) is 3. The number of amides is 3. The predicted octanol–water partition coefficient (Wildman–Crippen LogP) is 7.84. The molecule has 11 nitrogen and oxygen atoms in total. The molecule has 0 aliphatic rings. The van der Waals surface area contributed by atoms with Crippen LogP contribution in [0.5, 0.6) is 0 Å². The molecular weight excluding hydrogens is 674 g/mol. The molecule has 53 heavy (non-hydrogen) atoms. The van der Waals surface area contributed by atoms with Crippen LogP contribution in [0.1, 0.15) is 135 Å². The van der Waals surface area contributed by atoms with E-state index in [1.165, 1.54) is 38.5 Å². The lowest BCUT2D eigenvalue weighted by molar-refractivity contribution is -0.149. The highest BCUT2D eigenvalue weighted by Gasteiger charge is 2.28. The van der Waals surface area contributed by atoms with Crippen LogP contribution in [0.25, 0.3) is 0 Å². The molecule has 0 aliphatic heterocycles. The molecule has 2 unspecified atom stereocenters. The van der Waals surface area contributed by atoms with Gasteiger partial charge in [0, 0.05) is 19.4 Å². The van der Waals surface area contributed by atoms with E-state index in [4.69, 9.17) is 14.2 Å². The van der Waals surface area contributed by atoms with E-state index in [1.54, 1.807) is 20.8 Å². The second-order valence-electron chi connectivity index (χ2n) is 14.5. The van der Waals surface area contributed by atoms with Gasteiger partial charge in [0.25, 0.3) is 0 Å². The third kappa shape index (κ3) is 22.3. The monoisotopic (exact) mass is 737 g/mol. The zero-order valence-electron chi connectivity index (χ0n) is 32.4. The Hall–Kier alpha value is -4.41. The smallest absolute Gasteiger partial charge is 0.408 e. The van der Waals surface area contributed by atoms with Gasteiger partial charge in [-0.3, -0.25) is 9.59 Å². The summed E-state index contributed by atoms with van der Waals surface area (Å²) >= 11 is 0. The Morgan fingerprint density at radius 1 is 0.585 bits per heavy atom. The van der Waals surface area contributed by atoms with Gasteiger partial charge in [0.2, 0.25) is 11.8 Å². The molecule has 2 aromatic carbocycles. The van der Waals surface area contributed by atoms with Gasteiger partial charge in [-0.15, -0.1) is 0 Å². The maximum Gasteiger partial charge on any atom is 0.408 e. The van der Waals surface area contributed by atoms with E-state index < -0.39 is 35.7 Å². The highest BCUT2D eigenvalue weighted by atomic mass is 16.6. The van der Waals surface area contributed by atoms with Gasteiger partial charge in [-0.25, -0.2) is 14.4 Å². The zero-order chi connectivity index (χ0) is 38.7. The van der Waals surface area contributed by atoms with Crippen LogP contribution in [0.3, 0.4) is 0 Å². The number of alkyl carbamates (subject to hydrolysis) is 1. The van der Waals surface area contributed by atoms with Crippen molar-refractivity contribution < 1.29 is 38.2 Å². The molecule has 0 saturated heterocycles. The second-order valence-corrected chi connectivity index (χ2v) is 14.5. The standard InChI is InChI=1S/C42H63N3O8/c1-5-6-7-8-9-10-11-12-19-28-37(46)43-30-21-29-38(47)44-35(39(48)51-31-33-22-15-13-16-23-33)26-20-27-36(45-41(50)53-42(2,3)4)40(49)52-32-34-24-17-14-18-25-34/h13-18,22-25,35-36H,5-12,19-21,26-32H2,1-4H3,(H,43,46)(H,44,47)(H,45,50). The van der Waals surface area contributed by atoms with Crippen LogP contribution < -0.4 is 16.0 Å². The Labute approximate surface area is 316 Å². The predicted molar refractivity (Wildman–Crippen MR) is 206 cm³/mol. The van der Waals surface area contributed by atoms with Gasteiger partial charge in [0.1, 0.15) is 30.9 Å². The molecule has 0 spiro atoms. The number of ether oxygens (including phenoxy) is 3. The Bertz CT molecular complexity index is 1350. The maximum atomic E-state index is 13.2. The van der Waals surface area contributed by atoms with Crippen molar-refractivity contribution in [2.75, 3.05) is 6.54 Å². The summed E-state index contributed by atoms with van der Waals surface area (Å²) in [4.78, 5) is 64.2. The largest absolute Gasteiger partial charge is 0.459 e. The quantitative estimate of drug-likeness (QED) is 0.0503. The van der Waals surface area contributed by atoms with Gasteiger partial charge in [0.05, 0.1) is 0 Å². The Balaban J connectivity index is 1.89. The molecule has 0 aromatic heterocycles. The highest BCUT2D eigenvalue weighted by Crippen LogP contribution is 2.14. The molecule has 11 heteroatoms. The van der Waals surface area contributed by atoms with Gasteiger partial charge < -0.3 is 30.2 Å². The van der Waals surface area contributed by atoms with Crippen molar-refractivity contribution in [1.82, 2.24) is 16.0 Å². The first kappa shape index (κ1) is 44.7. The van der Waals surface area contributed by atoms with E-state index in [0.717, 1.165) is 30.4 Å². The topological polar surface area (TPSA) is 149 Å². The first-order valence-electron chi connectivity index (χ1n) is 19.4. The molecule has 3 N–H and O–H groups in total. The number of unbranched alkanes of at least 4 members (excludes halogenated alkanes) is 8. The molecule has 0 aliphatic carbocycles. The van der Waals surface area contributed by atoms with Gasteiger partial charge in [-0.05, 0) is 64.0 Å². The van der Waals surface area contributed by atoms with E-state index in [2.05, 4.69) is 22.9 Å². The zero-order valence-corrected chi connectivity index (χ0v) is 32.4. The third-order valence-corrected chi connectivity index (χ3v) is 8.44. The lowest BCUT2D eigenvalue weighted by Crippen LogP contribution is -2.45. The molecule has 0 radical (unpaired) electrons. The fourth-order valence-electron chi connectivity index (χ4n) is 5.56. The minimum atomic E-state index is -1.05. The Morgan fingerprint density at radius 2 is 1.06 bits per heavy atom. The van der Waals surface area contributed by atoms with Crippen molar-refractivity contribution in [3.8, 4) is 0 Å². The van der Waals surface area contributed by atoms with E-state index in [0.29, 0.717) is 19.4 Å². The normalized spacial score (nSPS) is 12.2. The molecule has 2 aromatic rings. The maximum absolute atomic E-state index is 13.2. The van der Waals surface area contributed by atoms with Gasteiger partial charge >= 0.3 is 18.0 Å². The number of benzene rings is 2.